The molecule has 1 aromatic carbocycles. The second-order valence-corrected chi connectivity index (χ2v) is 4.58. The largest absolute Gasteiger partial charge is 0.494 e. The van der Waals surface area contributed by atoms with Gasteiger partial charge in [-0.1, -0.05) is 16.8 Å². The number of carboxylic acids is 1. The second-order valence-electron chi connectivity index (χ2n) is 4.17. The molecule has 8 heteroatoms. The molecular formula is C13H10ClNO6. The normalized spacial score (nSPS) is 13.0. The van der Waals surface area contributed by atoms with E-state index in [1.165, 1.54) is 13.2 Å². The van der Waals surface area contributed by atoms with Crippen LogP contribution in [-0.2, 0) is 0 Å². The summed E-state index contributed by atoms with van der Waals surface area (Å²) in [5, 5.41) is 13.0. The number of methoxy groups -OCH3 is 1. The van der Waals surface area contributed by atoms with Crippen molar-refractivity contribution < 1.29 is 28.6 Å². The predicted molar refractivity (Wildman–Crippen MR) is 71.5 cm³/mol. The van der Waals surface area contributed by atoms with Gasteiger partial charge in [0.2, 0.25) is 5.76 Å². The van der Waals surface area contributed by atoms with Gasteiger partial charge in [0, 0.05) is 12.1 Å². The predicted octanol–water partition coefficient (Wildman–Crippen LogP) is 2.47. The van der Waals surface area contributed by atoms with E-state index in [-0.39, 0.29) is 11.5 Å². The molecule has 0 fully saturated rings. The Kier molecular flexibility index (Phi) is 3.34. The van der Waals surface area contributed by atoms with Gasteiger partial charge >= 0.3 is 5.97 Å². The van der Waals surface area contributed by atoms with Crippen molar-refractivity contribution in [3.05, 3.63) is 22.9 Å². The number of aromatic carboxylic acids is 1. The Hall–Kier alpha value is -2.41. The molecule has 0 atom stereocenters. The molecule has 0 saturated carbocycles. The molecule has 2 aromatic rings. The van der Waals surface area contributed by atoms with Gasteiger partial charge in [0.25, 0.3) is 0 Å². The van der Waals surface area contributed by atoms with Crippen LogP contribution < -0.4 is 14.2 Å². The third kappa shape index (κ3) is 2.25. The van der Waals surface area contributed by atoms with Crippen molar-refractivity contribution in [2.45, 2.75) is 0 Å². The van der Waals surface area contributed by atoms with Crippen molar-refractivity contribution in [3.63, 3.8) is 0 Å². The average Bonchev–Trinajstić information content (AvgIpc) is 2.95. The monoisotopic (exact) mass is 311 g/mol. The van der Waals surface area contributed by atoms with Gasteiger partial charge < -0.3 is 23.8 Å². The van der Waals surface area contributed by atoms with Gasteiger partial charge in [-0.3, -0.25) is 0 Å². The van der Waals surface area contributed by atoms with Crippen LogP contribution in [0, 0.1) is 0 Å². The number of carbonyl (C=O) groups is 1. The molecule has 0 amide bonds. The maximum Gasteiger partial charge on any atom is 0.374 e. The van der Waals surface area contributed by atoms with Crippen molar-refractivity contribution >= 4 is 17.6 Å². The van der Waals surface area contributed by atoms with Crippen LogP contribution in [0.2, 0.25) is 5.02 Å². The first-order chi connectivity index (χ1) is 10.1. The fourth-order valence-corrected chi connectivity index (χ4v) is 2.33. The number of rotatable bonds is 3. The molecule has 3 rings (SSSR count). The molecule has 0 bridgehead atoms. The molecule has 7 nitrogen and oxygen atoms in total. The van der Waals surface area contributed by atoms with E-state index in [0.717, 1.165) is 0 Å². The summed E-state index contributed by atoms with van der Waals surface area (Å²) in [5.41, 5.74) is 0.643. The summed E-state index contributed by atoms with van der Waals surface area (Å²) in [6.07, 6.45) is 0. The summed E-state index contributed by atoms with van der Waals surface area (Å²) in [5.74, 6) is -0.362. The van der Waals surface area contributed by atoms with Crippen LogP contribution in [0.5, 0.6) is 17.2 Å². The van der Waals surface area contributed by atoms with Crippen LogP contribution in [0.15, 0.2) is 16.7 Å². The van der Waals surface area contributed by atoms with Gasteiger partial charge in [-0.25, -0.2) is 4.79 Å². The highest BCUT2D eigenvalue weighted by molar-refractivity contribution is 6.33. The van der Waals surface area contributed by atoms with Crippen molar-refractivity contribution in [1.82, 2.24) is 5.16 Å². The zero-order chi connectivity index (χ0) is 15.0. The van der Waals surface area contributed by atoms with E-state index in [1.807, 2.05) is 0 Å². The molecular weight excluding hydrogens is 302 g/mol. The Morgan fingerprint density at radius 1 is 1.38 bits per heavy atom. The molecule has 0 radical (unpaired) electrons. The third-order valence-electron chi connectivity index (χ3n) is 2.92. The number of benzene rings is 1. The van der Waals surface area contributed by atoms with E-state index in [1.54, 1.807) is 6.07 Å². The Bertz CT molecular complexity index is 711. The maximum absolute atomic E-state index is 10.9. The van der Waals surface area contributed by atoms with Crippen LogP contribution in [0.1, 0.15) is 10.6 Å². The smallest absolute Gasteiger partial charge is 0.374 e. The molecule has 0 unspecified atom stereocenters. The van der Waals surface area contributed by atoms with E-state index < -0.39 is 5.97 Å². The van der Waals surface area contributed by atoms with E-state index in [0.29, 0.717) is 41.0 Å². The third-order valence-corrected chi connectivity index (χ3v) is 3.20. The summed E-state index contributed by atoms with van der Waals surface area (Å²) in [6, 6.07) is 2.85. The lowest BCUT2D eigenvalue weighted by molar-refractivity contribution is 0.0652. The Balaban J connectivity index is 2.23. The first-order valence-corrected chi connectivity index (χ1v) is 6.36. The fraction of sp³-hybridized carbons (Fsp3) is 0.231. The lowest BCUT2D eigenvalue weighted by Crippen LogP contribution is -2.16. The standard InChI is InChI=1S/C13H10ClNO6/c1-18-11-6(14)4-8-12(20-3-2-19-8)10(11)7-5-9(13(16)17)21-15-7/h4-5H,2-3H2,1H3,(H,16,17). The number of nitrogens with zero attached hydrogens (tertiary/aromatic N) is 1. The summed E-state index contributed by atoms with van der Waals surface area (Å²) >= 11 is 6.15. The molecule has 110 valence electrons. The molecule has 1 aliphatic rings. The van der Waals surface area contributed by atoms with Gasteiger partial charge in [0.05, 0.1) is 17.7 Å². The van der Waals surface area contributed by atoms with Crippen LogP contribution in [0.25, 0.3) is 11.3 Å². The number of carboxylic acid groups (broad SMARTS) is 1. The van der Waals surface area contributed by atoms with Crippen LogP contribution in [0.4, 0.5) is 0 Å². The van der Waals surface area contributed by atoms with Crippen LogP contribution in [-0.4, -0.2) is 36.6 Å². The molecule has 1 N–H and O–H groups in total. The minimum atomic E-state index is -1.22. The van der Waals surface area contributed by atoms with E-state index >= 15 is 0 Å². The summed E-state index contributed by atoms with van der Waals surface area (Å²) in [6.45, 7) is 0.753. The first kappa shape index (κ1) is 13.6. The van der Waals surface area contributed by atoms with Crippen molar-refractivity contribution in [3.8, 4) is 28.5 Å². The molecule has 1 aromatic heterocycles. The number of fused-ring (bicyclic) bond motifs is 1. The number of ether oxygens (including phenoxy) is 3. The van der Waals surface area contributed by atoms with Gasteiger partial charge in [-0.05, 0) is 0 Å². The second kappa shape index (κ2) is 5.17. The van der Waals surface area contributed by atoms with Gasteiger partial charge in [0.1, 0.15) is 18.9 Å². The lowest BCUT2D eigenvalue weighted by Gasteiger charge is -2.22. The number of aromatic nitrogens is 1. The summed E-state index contributed by atoms with van der Waals surface area (Å²) in [4.78, 5) is 10.9. The zero-order valence-corrected chi connectivity index (χ0v) is 11.6. The number of halogens is 1. The van der Waals surface area contributed by atoms with E-state index in [2.05, 4.69) is 5.16 Å². The van der Waals surface area contributed by atoms with Gasteiger partial charge in [-0.15, -0.1) is 0 Å². The topological polar surface area (TPSA) is 91.0 Å². The zero-order valence-electron chi connectivity index (χ0n) is 10.9. The minimum absolute atomic E-state index is 0.244. The Morgan fingerprint density at radius 2 is 2.14 bits per heavy atom. The minimum Gasteiger partial charge on any atom is -0.494 e. The van der Waals surface area contributed by atoms with Crippen molar-refractivity contribution in [1.29, 1.82) is 0 Å². The summed E-state index contributed by atoms with van der Waals surface area (Å²) in [7, 11) is 1.44. The highest BCUT2D eigenvalue weighted by atomic mass is 35.5. The van der Waals surface area contributed by atoms with Crippen molar-refractivity contribution in [2.24, 2.45) is 0 Å². The van der Waals surface area contributed by atoms with Gasteiger partial charge in [-0.2, -0.15) is 0 Å². The highest BCUT2D eigenvalue weighted by Gasteiger charge is 2.27. The molecule has 0 saturated heterocycles. The Morgan fingerprint density at radius 3 is 2.81 bits per heavy atom. The molecule has 21 heavy (non-hydrogen) atoms. The van der Waals surface area contributed by atoms with Crippen LogP contribution in [0.3, 0.4) is 0 Å². The number of hydrogen-bond donors (Lipinski definition) is 1. The quantitative estimate of drug-likeness (QED) is 0.931. The summed E-state index contributed by atoms with van der Waals surface area (Å²) < 4.78 is 21.1. The van der Waals surface area contributed by atoms with Gasteiger partial charge in [0.15, 0.2) is 17.2 Å². The van der Waals surface area contributed by atoms with E-state index in [4.69, 9.17) is 35.4 Å². The van der Waals surface area contributed by atoms with Crippen molar-refractivity contribution in [2.75, 3.05) is 20.3 Å². The lowest BCUT2D eigenvalue weighted by atomic mass is 10.1. The SMILES string of the molecule is COc1c(Cl)cc2c(c1-c1cc(C(=O)O)on1)OCCO2. The molecule has 1 aliphatic heterocycles. The average molecular weight is 312 g/mol. The molecule has 2 heterocycles. The number of hydrogen-bond acceptors (Lipinski definition) is 6. The maximum atomic E-state index is 10.9. The van der Waals surface area contributed by atoms with Crippen LogP contribution >= 0.6 is 11.6 Å². The fourth-order valence-electron chi connectivity index (χ4n) is 2.06. The highest BCUT2D eigenvalue weighted by Crippen LogP contribution is 2.49. The van der Waals surface area contributed by atoms with E-state index in [9.17, 15) is 4.79 Å². The first-order valence-electron chi connectivity index (χ1n) is 5.98. The molecule has 0 spiro atoms. The molecule has 0 aliphatic carbocycles. The Labute approximate surface area is 124 Å².